The molecule has 0 atom stereocenters. The van der Waals surface area contributed by atoms with Gasteiger partial charge in [-0.05, 0) is 57.4 Å². The molecule has 0 radical (unpaired) electrons. The molecule has 4 rings (SSSR count). The van der Waals surface area contributed by atoms with Gasteiger partial charge in [0, 0.05) is 17.3 Å². The second-order valence-corrected chi connectivity index (χ2v) is 9.06. The minimum Gasteiger partial charge on any atom is -0.349 e. The summed E-state index contributed by atoms with van der Waals surface area (Å²) in [5.74, 6) is 1.12. The fourth-order valence-electron chi connectivity index (χ4n) is 3.99. The van der Waals surface area contributed by atoms with Crippen LogP contribution in [0.4, 0.5) is 30.8 Å². The molecule has 2 aromatic heterocycles. The molecule has 0 bridgehead atoms. The van der Waals surface area contributed by atoms with Crippen molar-refractivity contribution in [1.82, 2.24) is 19.5 Å². The summed E-state index contributed by atoms with van der Waals surface area (Å²) in [4.78, 5) is 13.9. The molecule has 6 nitrogen and oxygen atoms in total. The Morgan fingerprint density at radius 1 is 1.03 bits per heavy atom. The summed E-state index contributed by atoms with van der Waals surface area (Å²) in [5.41, 5.74) is 1.11. The minimum absolute atomic E-state index is 0.148. The molecule has 3 aromatic rings. The van der Waals surface area contributed by atoms with Crippen molar-refractivity contribution in [1.29, 1.82) is 0 Å². The van der Waals surface area contributed by atoms with Crippen LogP contribution in [0.3, 0.4) is 0 Å². The Bertz CT molecular complexity index is 1070. The SMILES string of the molecule is CCC(C)(C)Nc1ncc2nc(Nc3ccc(C(F)(F)F)cc3)n(C3CCCCC3)c2n1. The number of hydrogen-bond donors (Lipinski definition) is 2. The predicted octanol–water partition coefficient (Wildman–Crippen LogP) is 6.69. The number of nitrogens with one attached hydrogen (secondary N) is 2. The van der Waals surface area contributed by atoms with Crippen LogP contribution >= 0.6 is 0 Å². The Kier molecular flexibility index (Phi) is 6.01. The van der Waals surface area contributed by atoms with Crippen LogP contribution in [0, 0.1) is 0 Å². The van der Waals surface area contributed by atoms with E-state index in [1.807, 2.05) is 0 Å². The molecular formula is C23H29F3N6. The van der Waals surface area contributed by atoms with Crippen molar-refractivity contribution >= 4 is 28.7 Å². The molecule has 1 saturated carbocycles. The van der Waals surface area contributed by atoms with Crippen LogP contribution in [0.1, 0.15) is 70.9 Å². The van der Waals surface area contributed by atoms with E-state index in [0.29, 0.717) is 23.1 Å². The van der Waals surface area contributed by atoms with Crippen molar-refractivity contribution in [2.75, 3.05) is 10.6 Å². The van der Waals surface area contributed by atoms with Crippen LogP contribution in [0.25, 0.3) is 11.2 Å². The molecule has 2 heterocycles. The zero-order valence-corrected chi connectivity index (χ0v) is 18.6. The summed E-state index contributed by atoms with van der Waals surface area (Å²) >= 11 is 0. The van der Waals surface area contributed by atoms with Gasteiger partial charge in [0.15, 0.2) is 5.65 Å². The highest BCUT2D eigenvalue weighted by Gasteiger charge is 2.30. The van der Waals surface area contributed by atoms with Crippen molar-refractivity contribution in [3.8, 4) is 0 Å². The summed E-state index contributed by atoms with van der Waals surface area (Å²) in [6, 6.07) is 5.23. The normalized spacial score (nSPS) is 15.8. The van der Waals surface area contributed by atoms with E-state index in [4.69, 9.17) is 4.98 Å². The maximum Gasteiger partial charge on any atom is 0.416 e. The van der Waals surface area contributed by atoms with E-state index >= 15 is 0 Å². The topological polar surface area (TPSA) is 67.7 Å². The number of benzene rings is 1. The summed E-state index contributed by atoms with van der Waals surface area (Å²) in [7, 11) is 0. The van der Waals surface area contributed by atoms with Gasteiger partial charge in [-0.2, -0.15) is 18.2 Å². The van der Waals surface area contributed by atoms with E-state index < -0.39 is 11.7 Å². The summed E-state index contributed by atoms with van der Waals surface area (Å²) in [6.07, 6.45) is 3.74. The smallest absolute Gasteiger partial charge is 0.349 e. The first-order valence-corrected chi connectivity index (χ1v) is 11.1. The maximum absolute atomic E-state index is 12.9. The van der Waals surface area contributed by atoms with Gasteiger partial charge in [0.05, 0.1) is 11.8 Å². The quantitative estimate of drug-likeness (QED) is 0.441. The van der Waals surface area contributed by atoms with Gasteiger partial charge in [-0.15, -0.1) is 0 Å². The lowest BCUT2D eigenvalue weighted by Gasteiger charge is -2.26. The standard InChI is InChI=1S/C23H29F3N6/c1-4-22(2,3)31-20-27-14-18-19(30-20)32(17-8-6-5-7-9-17)21(29-18)28-16-12-10-15(11-13-16)23(24,25)26/h10-14,17H,4-9H2,1-3H3,(H,28,29)(H,27,30,31). The first kappa shape index (κ1) is 22.4. The highest BCUT2D eigenvalue weighted by Crippen LogP contribution is 2.35. The van der Waals surface area contributed by atoms with Crippen LogP contribution in [0.5, 0.6) is 0 Å². The summed E-state index contributed by atoms with van der Waals surface area (Å²) in [6.45, 7) is 6.29. The van der Waals surface area contributed by atoms with E-state index in [1.54, 1.807) is 6.20 Å². The van der Waals surface area contributed by atoms with E-state index in [0.717, 1.165) is 49.9 Å². The molecular weight excluding hydrogens is 417 g/mol. The number of anilines is 3. The van der Waals surface area contributed by atoms with E-state index in [-0.39, 0.29) is 11.6 Å². The molecule has 172 valence electrons. The molecule has 1 aliphatic rings. The van der Waals surface area contributed by atoms with Gasteiger partial charge in [0.1, 0.15) is 5.52 Å². The molecule has 1 aliphatic carbocycles. The molecule has 0 spiro atoms. The molecule has 0 saturated heterocycles. The minimum atomic E-state index is -4.36. The third-order valence-corrected chi connectivity index (χ3v) is 6.18. The molecule has 0 aliphatic heterocycles. The Morgan fingerprint density at radius 2 is 1.72 bits per heavy atom. The van der Waals surface area contributed by atoms with Gasteiger partial charge in [-0.1, -0.05) is 26.2 Å². The van der Waals surface area contributed by atoms with Gasteiger partial charge < -0.3 is 10.6 Å². The lowest BCUT2D eigenvalue weighted by atomic mass is 9.95. The zero-order valence-electron chi connectivity index (χ0n) is 18.6. The number of aromatic nitrogens is 4. The first-order chi connectivity index (χ1) is 15.2. The van der Waals surface area contributed by atoms with Crippen LogP contribution in [-0.4, -0.2) is 25.1 Å². The third-order valence-electron chi connectivity index (χ3n) is 6.18. The monoisotopic (exact) mass is 446 g/mol. The Balaban J connectivity index is 1.72. The van der Waals surface area contributed by atoms with E-state index in [2.05, 4.69) is 45.9 Å². The average molecular weight is 447 g/mol. The average Bonchev–Trinajstić information content (AvgIpc) is 3.11. The van der Waals surface area contributed by atoms with E-state index in [9.17, 15) is 13.2 Å². The van der Waals surface area contributed by atoms with Crippen molar-refractivity contribution in [3.05, 3.63) is 36.0 Å². The summed E-state index contributed by atoms with van der Waals surface area (Å²) in [5, 5.41) is 6.59. The van der Waals surface area contributed by atoms with Gasteiger partial charge >= 0.3 is 6.18 Å². The van der Waals surface area contributed by atoms with Crippen LogP contribution < -0.4 is 10.6 Å². The van der Waals surface area contributed by atoms with Gasteiger partial charge in [-0.3, -0.25) is 4.57 Å². The van der Waals surface area contributed by atoms with Gasteiger partial charge in [0.25, 0.3) is 0 Å². The Morgan fingerprint density at radius 3 is 2.34 bits per heavy atom. The number of imidazole rings is 1. The number of hydrogen-bond acceptors (Lipinski definition) is 5. The predicted molar refractivity (Wildman–Crippen MR) is 120 cm³/mol. The number of nitrogens with zero attached hydrogens (tertiary/aromatic N) is 4. The number of rotatable bonds is 6. The molecule has 1 fully saturated rings. The lowest BCUT2D eigenvalue weighted by Crippen LogP contribution is -2.30. The van der Waals surface area contributed by atoms with Crippen LogP contribution in [-0.2, 0) is 6.18 Å². The summed E-state index contributed by atoms with van der Waals surface area (Å²) < 4.78 is 40.8. The number of halogens is 3. The molecule has 2 N–H and O–H groups in total. The van der Waals surface area contributed by atoms with Gasteiger partial charge in [0.2, 0.25) is 11.9 Å². The third kappa shape index (κ3) is 4.81. The largest absolute Gasteiger partial charge is 0.416 e. The van der Waals surface area contributed by atoms with Crippen molar-refractivity contribution in [2.24, 2.45) is 0 Å². The van der Waals surface area contributed by atoms with Crippen molar-refractivity contribution in [3.63, 3.8) is 0 Å². The van der Waals surface area contributed by atoms with Gasteiger partial charge in [-0.25, -0.2) is 9.97 Å². The maximum atomic E-state index is 12.9. The lowest BCUT2D eigenvalue weighted by molar-refractivity contribution is -0.137. The Labute approximate surface area is 185 Å². The Hall–Kier alpha value is -2.84. The zero-order chi connectivity index (χ0) is 22.9. The second-order valence-electron chi connectivity index (χ2n) is 9.06. The molecule has 32 heavy (non-hydrogen) atoms. The molecule has 1 aromatic carbocycles. The van der Waals surface area contributed by atoms with Crippen LogP contribution in [0.2, 0.25) is 0 Å². The van der Waals surface area contributed by atoms with Crippen molar-refractivity contribution in [2.45, 2.75) is 77.1 Å². The fourth-order valence-corrected chi connectivity index (χ4v) is 3.99. The van der Waals surface area contributed by atoms with Crippen molar-refractivity contribution < 1.29 is 13.2 Å². The number of fused-ring (bicyclic) bond motifs is 1. The van der Waals surface area contributed by atoms with Crippen LogP contribution in [0.15, 0.2) is 30.5 Å². The highest BCUT2D eigenvalue weighted by atomic mass is 19.4. The molecule has 0 amide bonds. The molecule has 0 unspecified atom stereocenters. The highest BCUT2D eigenvalue weighted by molar-refractivity contribution is 5.76. The second kappa shape index (κ2) is 8.60. The number of alkyl halides is 3. The van der Waals surface area contributed by atoms with E-state index in [1.165, 1.54) is 18.6 Å². The first-order valence-electron chi connectivity index (χ1n) is 11.1. The molecule has 9 heteroatoms. The fraction of sp³-hybridized carbons (Fsp3) is 0.522.